The van der Waals surface area contributed by atoms with Gasteiger partial charge in [0, 0.05) is 12.5 Å². The van der Waals surface area contributed by atoms with Crippen molar-refractivity contribution in [3.63, 3.8) is 0 Å². The Bertz CT molecular complexity index is 891. The normalized spacial score (nSPS) is 20.2. The van der Waals surface area contributed by atoms with Crippen LogP contribution < -0.4 is 4.74 Å². The summed E-state index contributed by atoms with van der Waals surface area (Å²) in [5, 5.41) is 0. The van der Waals surface area contributed by atoms with Crippen LogP contribution in [0, 0.1) is 0 Å². The van der Waals surface area contributed by atoms with Crippen molar-refractivity contribution in [2.75, 3.05) is 0 Å². The molecule has 1 heterocycles. The molecule has 2 aliphatic rings. The Morgan fingerprint density at radius 1 is 0.923 bits per heavy atom. The summed E-state index contributed by atoms with van der Waals surface area (Å²) in [4.78, 5) is 11.6. The Kier molecular flexibility index (Phi) is 4.42. The molecule has 2 fully saturated rings. The fraction of sp³-hybridized carbons (Fsp3) is 0.316. The SMILES string of the molecule is O=C1CCC(N(C2CC2)S(=O)(=O)c2ccc(Oc3ccccc3)cc2)O1. The highest BCUT2D eigenvalue weighted by atomic mass is 32.2. The number of cyclic esters (lactones) is 1. The van der Waals surface area contributed by atoms with E-state index in [1.165, 1.54) is 16.4 Å². The first-order valence-corrected chi connectivity index (χ1v) is 10.0. The van der Waals surface area contributed by atoms with Crippen molar-refractivity contribution in [3.05, 3.63) is 54.6 Å². The van der Waals surface area contributed by atoms with Crippen LogP contribution in [0.3, 0.4) is 0 Å². The van der Waals surface area contributed by atoms with E-state index in [0.717, 1.165) is 12.8 Å². The molecule has 0 N–H and O–H groups in total. The topological polar surface area (TPSA) is 72.9 Å². The maximum Gasteiger partial charge on any atom is 0.307 e. The molecule has 1 aliphatic carbocycles. The van der Waals surface area contributed by atoms with E-state index in [1.807, 2.05) is 30.3 Å². The van der Waals surface area contributed by atoms with Gasteiger partial charge in [0.05, 0.1) is 11.3 Å². The average molecular weight is 373 g/mol. The largest absolute Gasteiger partial charge is 0.457 e. The monoisotopic (exact) mass is 373 g/mol. The van der Waals surface area contributed by atoms with Crippen LogP contribution in [0.25, 0.3) is 0 Å². The van der Waals surface area contributed by atoms with E-state index in [-0.39, 0.29) is 23.3 Å². The second-order valence-electron chi connectivity index (χ2n) is 6.44. The van der Waals surface area contributed by atoms with E-state index in [2.05, 4.69) is 0 Å². The summed E-state index contributed by atoms with van der Waals surface area (Å²) in [7, 11) is -3.73. The third-order valence-corrected chi connectivity index (χ3v) is 6.39. The number of esters is 1. The Hall–Kier alpha value is -2.38. The van der Waals surface area contributed by atoms with Crippen molar-refractivity contribution in [1.82, 2.24) is 4.31 Å². The number of benzene rings is 2. The minimum absolute atomic E-state index is 0.0869. The molecule has 2 aromatic rings. The number of ether oxygens (including phenoxy) is 2. The molecule has 1 saturated carbocycles. The molecule has 26 heavy (non-hydrogen) atoms. The Morgan fingerprint density at radius 2 is 1.58 bits per heavy atom. The number of carbonyl (C=O) groups is 1. The van der Waals surface area contributed by atoms with Gasteiger partial charge in [0.25, 0.3) is 0 Å². The average Bonchev–Trinajstić information content (AvgIpc) is 3.37. The first-order valence-electron chi connectivity index (χ1n) is 8.60. The predicted molar refractivity (Wildman–Crippen MR) is 94.1 cm³/mol. The van der Waals surface area contributed by atoms with Crippen LogP contribution in [0.15, 0.2) is 59.5 Å². The summed E-state index contributed by atoms with van der Waals surface area (Å²) in [6.45, 7) is 0. The molecule has 1 unspecified atom stereocenters. The van der Waals surface area contributed by atoms with E-state index >= 15 is 0 Å². The summed E-state index contributed by atoms with van der Waals surface area (Å²) in [5.41, 5.74) is 0. The lowest BCUT2D eigenvalue weighted by Gasteiger charge is -2.26. The maximum atomic E-state index is 13.1. The minimum Gasteiger partial charge on any atom is -0.457 e. The van der Waals surface area contributed by atoms with Crippen molar-refractivity contribution in [3.8, 4) is 11.5 Å². The summed E-state index contributed by atoms with van der Waals surface area (Å²) >= 11 is 0. The quantitative estimate of drug-likeness (QED) is 0.727. The van der Waals surface area contributed by atoms with Gasteiger partial charge in [0.1, 0.15) is 11.5 Å². The lowest BCUT2D eigenvalue weighted by molar-refractivity contribution is -0.145. The molecule has 0 bridgehead atoms. The number of hydrogen-bond acceptors (Lipinski definition) is 5. The molecule has 0 amide bonds. The fourth-order valence-corrected chi connectivity index (χ4v) is 4.82. The molecular weight excluding hydrogens is 354 g/mol. The molecule has 2 aromatic carbocycles. The van der Waals surface area contributed by atoms with Gasteiger partial charge in [-0.3, -0.25) is 4.79 Å². The van der Waals surface area contributed by atoms with Gasteiger partial charge in [-0.25, -0.2) is 8.42 Å². The highest BCUT2D eigenvalue weighted by Crippen LogP contribution is 2.37. The summed E-state index contributed by atoms with van der Waals surface area (Å²) in [6, 6.07) is 15.5. The summed E-state index contributed by atoms with van der Waals surface area (Å²) in [5.74, 6) is 0.892. The van der Waals surface area contributed by atoms with Gasteiger partial charge in [0.15, 0.2) is 6.23 Å². The van der Waals surface area contributed by atoms with Gasteiger partial charge in [0.2, 0.25) is 10.0 Å². The van der Waals surface area contributed by atoms with Crippen molar-refractivity contribution in [2.45, 2.75) is 42.8 Å². The second kappa shape index (κ2) is 6.74. The zero-order valence-electron chi connectivity index (χ0n) is 14.1. The van der Waals surface area contributed by atoms with E-state index in [0.29, 0.717) is 17.9 Å². The van der Waals surface area contributed by atoms with Crippen molar-refractivity contribution < 1.29 is 22.7 Å². The molecule has 7 heteroatoms. The summed E-state index contributed by atoms with van der Waals surface area (Å²) < 4.78 is 38.4. The summed E-state index contributed by atoms with van der Waals surface area (Å²) in [6.07, 6.45) is 1.56. The molecule has 136 valence electrons. The minimum atomic E-state index is -3.73. The number of sulfonamides is 1. The van der Waals surface area contributed by atoms with Crippen LogP contribution in [0.4, 0.5) is 0 Å². The van der Waals surface area contributed by atoms with Crippen LogP contribution in [0.5, 0.6) is 11.5 Å². The molecule has 0 radical (unpaired) electrons. The molecule has 1 saturated heterocycles. The Labute approximate surface area is 152 Å². The van der Waals surface area contributed by atoms with Gasteiger partial charge < -0.3 is 9.47 Å². The lowest BCUT2D eigenvalue weighted by atomic mass is 10.3. The van der Waals surface area contributed by atoms with Crippen LogP contribution in [-0.4, -0.2) is 31.0 Å². The molecule has 6 nitrogen and oxygen atoms in total. The predicted octanol–water partition coefficient (Wildman–Crippen LogP) is 3.30. The fourth-order valence-electron chi connectivity index (χ4n) is 3.03. The zero-order valence-corrected chi connectivity index (χ0v) is 14.9. The number of rotatable bonds is 6. The lowest BCUT2D eigenvalue weighted by Crippen LogP contribution is -2.41. The van der Waals surface area contributed by atoms with Crippen molar-refractivity contribution in [2.24, 2.45) is 0 Å². The van der Waals surface area contributed by atoms with E-state index in [9.17, 15) is 13.2 Å². The van der Waals surface area contributed by atoms with Crippen LogP contribution >= 0.6 is 0 Å². The molecule has 1 atom stereocenters. The van der Waals surface area contributed by atoms with Crippen molar-refractivity contribution in [1.29, 1.82) is 0 Å². The Morgan fingerprint density at radius 3 is 2.15 bits per heavy atom. The Balaban J connectivity index is 1.56. The van der Waals surface area contributed by atoms with Crippen molar-refractivity contribution >= 4 is 16.0 Å². The van der Waals surface area contributed by atoms with Gasteiger partial charge >= 0.3 is 5.97 Å². The standard InChI is InChI=1S/C19H19NO5S/c21-19-13-12-18(25-19)20(14-6-7-14)26(22,23)17-10-8-16(9-11-17)24-15-4-2-1-3-5-15/h1-5,8-11,14,18H,6-7,12-13H2. The smallest absolute Gasteiger partial charge is 0.307 e. The third kappa shape index (κ3) is 3.45. The number of para-hydroxylation sites is 1. The highest BCUT2D eigenvalue weighted by Gasteiger charge is 2.46. The van der Waals surface area contributed by atoms with Gasteiger partial charge in [-0.05, 0) is 49.2 Å². The van der Waals surface area contributed by atoms with Crippen LogP contribution in [0.1, 0.15) is 25.7 Å². The zero-order chi connectivity index (χ0) is 18.1. The number of hydrogen-bond donors (Lipinski definition) is 0. The molecule has 0 aromatic heterocycles. The van der Waals surface area contributed by atoms with Gasteiger partial charge in [-0.15, -0.1) is 0 Å². The highest BCUT2D eigenvalue weighted by molar-refractivity contribution is 7.89. The molecule has 4 rings (SSSR count). The van der Waals surface area contributed by atoms with Crippen LogP contribution in [-0.2, 0) is 19.6 Å². The molecular formula is C19H19NO5S. The van der Waals surface area contributed by atoms with Gasteiger partial charge in [-0.2, -0.15) is 4.31 Å². The molecule has 0 spiro atoms. The van der Waals surface area contributed by atoms with Crippen LogP contribution in [0.2, 0.25) is 0 Å². The van der Waals surface area contributed by atoms with E-state index in [4.69, 9.17) is 9.47 Å². The second-order valence-corrected chi connectivity index (χ2v) is 8.28. The van der Waals surface area contributed by atoms with E-state index in [1.54, 1.807) is 12.1 Å². The number of carbonyl (C=O) groups excluding carboxylic acids is 1. The maximum absolute atomic E-state index is 13.1. The van der Waals surface area contributed by atoms with Gasteiger partial charge in [-0.1, -0.05) is 18.2 Å². The third-order valence-electron chi connectivity index (χ3n) is 4.43. The first-order chi connectivity index (χ1) is 12.5. The van der Waals surface area contributed by atoms with E-state index < -0.39 is 16.3 Å². The first kappa shape index (κ1) is 17.1. The number of nitrogens with zero attached hydrogens (tertiary/aromatic N) is 1. The molecule has 1 aliphatic heterocycles.